The summed E-state index contributed by atoms with van der Waals surface area (Å²) in [7, 11) is 0. The minimum Gasteiger partial charge on any atom is -0.388 e. The molecule has 0 spiro atoms. The van der Waals surface area contributed by atoms with E-state index in [1.54, 1.807) is 4.57 Å². The molecule has 0 atom stereocenters. The van der Waals surface area contributed by atoms with E-state index >= 15 is 0 Å². The topological polar surface area (TPSA) is 82.9 Å². The van der Waals surface area contributed by atoms with Gasteiger partial charge in [-0.15, -0.1) is 0 Å². The third-order valence-corrected chi connectivity index (χ3v) is 2.43. The van der Waals surface area contributed by atoms with Gasteiger partial charge < -0.3 is 15.0 Å². The molecule has 0 radical (unpaired) electrons. The van der Waals surface area contributed by atoms with Crippen molar-refractivity contribution >= 4 is 18.1 Å². The average Bonchev–Trinajstić information content (AvgIpc) is 2.64. The van der Waals surface area contributed by atoms with E-state index in [4.69, 9.17) is 17.3 Å². The summed E-state index contributed by atoms with van der Waals surface area (Å²) in [5, 5.41) is 18.2. The lowest BCUT2D eigenvalue weighted by atomic mass is 10.3. The number of hydrogen-bond donors (Lipinski definition) is 3. The fourth-order valence-corrected chi connectivity index (χ4v) is 1.51. The number of carbonyl (C=O) groups excluding carboxylic acids is 1. The molecule has 0 bridgehead atoms. The number of aromatic nitrogens is 3. The van der Waals surface area contributed by atoms with Crippen LogP contribution in [-0.4, -0.2) is 32.3 Å². The van der Waals surface area contributed by atoms with Crippen molar-refractivity contribution in [3.63, 3.8) is 0 Å². The summed E-state index contributed by atoms with van der Waals surface area (Å²) in [6.07, 6.45) is 1.25. The Morgan fingerprint density at radius 1 is 1.69 bits per heavy atom. The highest BCUT2D eigenvalue weighted by atomic mass is 32.1. The van der Waals surface area contributed by atoms with Crippen molar-refractivity contribution in [2.24, 2.45) is 0 Å². The van der Waals surface area contributed by atoms with Gasteiger partial charge in [-0.2, -0.15) is 5.10 Å². The number of H-pyrrole nitrogens is 1. The molecule has 6 nitrogen and oxygen atoms in total. The Kier molecular flexibility index (Phi) is 5.13. The Morgan fingerprint density at radius 3 is 3.06 bits per heavy atom. The van der Waals surface area contributed by atoms with E-state index < -0.39 is 0 Å². The largest absolute Gasteiger partial charge is 0.388 e. The van der Waals surface area contributed by atoms with E-state index in [2.05, 4.69) is 15.5 Å². The highest BCUT2D eigenvalue weighted by Gasteiger charge is 2.06. The fourth-order valence-electron chi connectivity index (χ4n) is 1.27. The summed E-state index contributed by atoms with van der Waals surface area (Å²) in [5.41, 5.74) is 0. The molecule has 90 valence electrons. The van der Waals surface area contributed by atoms with Crippen LogP contribution in [-0.2, 0) is 17.9 Å². The maximum atomic E-state index is 11.4. The maximum Gasteiger partial charge on any atom is 0.221 e. The first-order valence-corrected chi connectivity index (χ1v) is 5.61. The Labute approximate surface area is 98.7 Å². The van der Waals surface area contributed by atoms with E-state index in [1.807, 2.05) is 6.92 Å². The fraction of sp³-hybridized carbons (Fsp3) is 0.667. The summed E-state index contributed by atoms with van der Waals surface area (Å²) in [4.78, 5) is 11.4. The first-order valence-electron chi connectivity index (χ1n) is 5.20. The second-order valence-corrected chi connectivity index (χ2v) is 3.74. The van der Waals surface area contributed by atoms with Gasteiger partial charge in [-0.3, -0.25) is 9.89 Å². The molecule has 0 aliphatic heterocycles. The van der Waals surface area contributed by atoms with Crippen LogP contribution in [0.4, 0.5) is 0 Å². The lowest BCUT2D eigenvalue weighted by Gasteiger charge is -2.05. The number of nitrogens with one attached hydrogen (secondary N) is 2. The predicted octanol–water partition coefficient (Wildman–Crippen LogP) is 0.349. The molecule has 0 saturated carbocycles. The number of rotatable bonds is 6. The molecule has 16 heavy (non-hydrogen) atoms. The second kappa shape index (κ2) is 6.39. The Bertz CT molecular complexity index is 398. The minimum absolute atomic E-state index is 0.0196. The van der Waals surface area contributed by atoms with Crippen LogP contribution in [0.25, 0.3) is 0 Å². The molecule has 0 aromatic carbocycles. The molecular formula is C9H16N4O2S. The number of amides is 1. The quantitative estimate of drug-likeness (QED) is 0.631. The van der Waals surface area contributed by atoms with Crippen LogP contribution in [0.3, 0.4) is 0 Å². The first-order chi connectivity index (χ1) is 7.69. The zero-order chi connectivity index (χ0) is 12.0. The van der Waals surface area contributed by atoms with Gasteiger partial charge in [0.2, 0.25) is 5.91 Å². The maximum absolute atomic E-state index is 11.4. The molecule has 1 amide bonds. The number of carbonyl (C=O) groups is 1. The molecular weight excluding hydrogens is 228 g/mol. The van der Waals surface area contributed by atoms with Gasteiger partial charge in [-0.05, 0) is 18.6 Å². The highest BCUT2D eigenvalue weighted by Crippen LogP contribution is 1.99. The van der Waals surface area contributed by atoms with Crippen LogP contribution in [0.1, 0.15) is 25.6 Å². The van der Waals surface area contributed by atoms with Gasteiger partial charge in [0.25, 0.3) is 0 Å². The van der Waals surface area contributed by atoms with Crippen molar-refractivity contribution in [2.45, 2.75) is 32.9 Å². The highest BCUT2D eigenvalue weighted by molar-refractivity contribution is 7.71. The molecule has 7 heteroatoms. The monoisotopic (exact) mass is 244 g/mol. The SMILES string of the molecule is CCCNC(=O)CCn1c(CO)n[nH]c1=S. The molecule has 0 fully saturated rings. The normalized spacial score (nSPS) is 10.4. The van der Waals surface area contributed by atoms with Crippen LogP contribution in [0.15, 0.2) is 0 Å². The molecule has 0 unspecified atom stereocenters. The molecule has 1 aromatic rings. The van der Waals surface area contributed by atoms with Crippen molar-refractivity contribution in [1.82, 2.24) is 20.1 Å². The summed E-state index contributed by atoms with van der Waals surface area (Å²) >= 11 is 4.98. The van der Waals surface area contributed by atoms with E-state index in [0.717, 1.165) is 6.42 Å². The van der Waals surface area contributed by atoms with Crippen molar-refractivity contribution < 1.29 is 9.90 Å². The molecule has 0 aliphatic rings. The second-order valence-electron chi connectivity index (χ2n) is 3.35. The Morgan fingerprint density at radius 2 is 2.44 bits per heavy atom. The number of aliphatic hydroxyl groups is 1. The third kappa shape index (κ3) is 3.42. The number of aromatic amines is 1. The van der Waals surface area contributed by atoms with Crippen molar-refractivity contribution in [2.75, 3.05) is 6.54 Å². The van der Waals surface area contributed by atoms with Gasteiger partial charge in [-0.25, -0.2) is 0 Å². The van der Waals surface area contributed by atoms with Crippen LogP contribution >= 0.6 is 12.2 Å². The molecule has 0 aliphatic carbocycles. The predicted molar refractivity (Wildman–Crippen MR) is 61.3 cm³/mol. The smallest absolute Gasteiger partial charge is 0.221 e. The van der Waals surface area contributed by atoms with Gasteiger partial charge in [0.05, 0.1) is 0 Å². The van der Waals surface area contributed by atoms with E-state index in [0.29, 0.717) is 30.1 Å². The zero-order valence-electron chi connectivity index (χ0n) is 9.19. The van der Waals surface area contributed by atoms with Gasteiger partial charge in [0, 0.05) is 19.5 Å². The van der Waals surface area contributed by atoms with Crippen LogP contribution in [0.5, 0.6) is 0 Å². The zero-order valence-corrected chi connectivity index (χ0v) is 10.0. The molecule has 1 heterocycles. The van der Waals surface area contributed by atoms with Gasteiger partial charge in [0.1, 0.15) is 6.61 Å². The summed E-state index contributed by atoms with van der Waals surface area (Å²) in [6.45, 7) is 2.92. The van der Waals surface area contributed by atoms with E-state index in [9.17, 15) is 4.79 Å². The van der Waals surface area contributed by atoms with E-state index in [-0.39, 0.29) is 12.5 Å². The Balaban J connectivity index is 2.50. The minimum atomic E-state index is -0.191. The molecule has 1 rings (SSSR count). The number of hydrogen-bond acceptors (Lipinski definition) is 4. The molecule has 1 aromatic heterocycles. The lowest BCUT2D eigenvalue weighted by molar-refractivity contribution is -0.121. The van der Waals surface area contributed by atoms with Gasteiger partial charge in [-0.1, -0.05) is 6.92 Å². The number of aliphatic hydroxyl groups excluding tert-OH is 1. The standard InChI is InChI=1S/C9H16N4O2S/c1-2-4-10-8(15)3-5-13-7(6-14)11-12-9(13)16/h14H,2-6H2,1H3,(H,10,15)(H,12,16). The van der Waals surface area contributed by atoms with Gasteiger partial charge in [0.15, 0.2) is 10.6 Å². The van der Waals surface area contributed by atoms with Crippen LogP contribution in [0, 0.1) is 4.77 Å². The van der Waals surface area contributed by atoms with Crippen LogP contribution in [0.2, 0.25) is 0 Å². The van der Waals surface area contributed by atoms with Crippen LogP contribution < -0.4 is 5.32 Å². The van der Waals surface area contributed by atoms with Crippen molar-refractivity contribution in [3.05, 3.63) is 10.6 Å². The summed E-state index contributed by atoms with van der Waals surface area (Å²) in [5.74, 6) is 0.433. The van der Waals surface area contributed by atoms with Crippen molar-refractivity contribution in [3.8, 4) is 0 Å². The number of nitrogens with zero attached hydrogens (tertiary/aromatic N) is 2. The molecule has 0 saturated heterocycles. The third-order valence-electron chi connectivity index (χ3n) is 2.11. The summed E-state index contributed by atoms with van der Waals surface area (Å²) < 4.78 is 2.05. The average molecular weight is 244 g/mol. The summed E-state index contributed by atoms with van der Waals surface area (Å²) in [6, 6.07) is 0. The van der Waals surface area contributed by atoms with Crippen molar-refractivity contribution in [1.29, 1.82) is 0 Å². The first kappa shape index (κ1) is 12.9. The lowest BCUT2D eigenvalue weighted by Crippen LogP contribution is -2.25. The van der Waals surface area contributed by atoms with E-state index in [1.165, 1.54) is 0 Å². The van der Waals surface area contributed by atoms with Gasteiger partial charge >= 0.3 is 0 Å². The molecule has 3 N–H and O–H groups in total. The Hall–Kier alpha value is -1.21.